The fourth-order valence-electron chi connectivity index (χ4n) is 4.90. The van der Waals surface area contributed by atoms with Gasteiger partial charge < -0.3 is 20.9 Å². The van der Waals surface area contributed by atoms with Crippen LogP contribution in [0.15, 0.2) is 30.9 Å². The number of hydrogen-bond acceptors (Lipinski definition) is 7. The molecule has 0 saturated heterocycles. The highest BCUT2D eigenvalue weighted by Gasteiger charge is 2.24. The summed E-state index contributed by atoms with van der Waals surface area (Å²) in [5, 5.41) is 7.15. The van der Waals surface area contributed by atoms with E-state index in [9.17, 15) is 0 Å². The van der Waals surface area contributed by atoms with Crippen LogP contribution in [0.3, 0.4) is 0 Å². The molecule has 3 aromatic rings. The van der Waals surface area contributed by atoms with Crippen LogP contribution in [-0.2, 0) is 0 Å². The van der Waals surface area contributed by atoms with Crippen LogP contribution in [0.1, 0.15) is 75.9 Å². The standard InChI is InChI=1S/C23H32N8/c1-15(16-5-4-12-25-13-16)27-21-20-22(31(14-26-20)19-6-2-3-7-19)30-23(29-21)28-18-10-8-17(24)9-11-18/h4-5,12-15,17-19H,2-3,6-11,24H2,1H3,(H2,27,28,29,30). The normalized spacial score (nSPS) is 23.2. The van der Waals surface area contributed by atoms with Gasteiger partial charge in [0, 0.05) is 30.5 Å². The van der Waals surface area contributed by atoms with E-state index in [-0.39, 0.29) is 6.04 Å². The molecule has 164 valence electrons. The van der Waals surface area contributed by atoms with Crippen LogP contribution >= 0.6 is 0 Å². The Bertz CT molecular complexity index is 1000. The van der Waals surface area contributed by atoms with Gasteiger partial charge in [0.25, 0.3) is 0 Å². The van der Waals surface area contributed by atoms with Crippen molar-refractivity contribution in [2.75, 3.05) is 10.6 Å². The molecule has 1 atom stereocenters. The topological polar surface area (TPSA) is 107 Å². The SMILES string of the molecule is CC(Nc1nc(NC2CCC(N)CC2)nc2c1ncn2C1CCCC1)c1cccnc1. The zero-order valence-electron chi connectivity index (χ0n) is 18.2. The van der Waals surface area contributed by atoms with E-state index in [1.54, 1.807) is 6.20 Å². The average Bonchev–Trinajstić information content (AvgIpc) is 3.46. The lowest BCUT2D eigenvalue weighted by molar-refractivity contribution is 0.410. The minimum atomic E-state index is 0.0592. The van der Waals surface area contributed by atoms with Crippen molar-refractivity contribution >= 4 is 22.9 Å². The molecule has 8 heteroatoms. The Hall–Kier alpha value is -2.74. The molecule has 3 heterocycles. The highest BCUT2D eigenvalue weighted by Crippen LogP contribution is 2.34. The number of fused-ring (bicyclic) bond motifs is 1. The van der Waals surface area contributed by atoms with Crippen LogP contribution in [0.25, 0.3) is 11.2 Å². The number of nitrogens with zero attached hydrogens (tertiary/aromatic N) is 5. The van der Waals surface area contributed by atoms with E-state index in [1.807, 2.05) is 18.6 Å². The molecule has 0 spiro atoms. The number of anilines is 2. The van der Waals surface area contributed by atoms with Crippen molar-refractivity contribution < 1.29 is 0 Å². The van der Waals surface area contributed by atoms with Crippen LogP contribution < -0.4 is 16.4 Å². The molecule has 2 fully saturated rings. The van der Waals surface area contributed by atoms with Crippen molar-refractivity contribution in [3.8, 4) is 0 Å². The van der Waals surface area contributed by atoms with Crippen molar-refractivity contribution in [2.45, 2.75) is 82.5 Å². The van der Waals surface area contributed by atoms with E-state index in [0.29, 0.717) is 24.1 Å². The molecule has 0 radical (unpaired) electrons. The summed E-state index contributed by atoms with van der Waals surface area (Å²) in [6.07, 6.45) is 14.7. The van der Waals surface area contributed by atoms with Crippen LogP contribution in [0.5, 0.6) is 0 Å². The zero-order chi connectivity index (χ0) is 21.2. The number of aromatic nitrogens is 5. The van der Waals surface area contributed by atoms with Gasteiger partial charge in [-0.05, 0) is 57.1 Å². The van der Waals surface area contributed by atoms with Gasteiger partial charge in [-0.3, -0.25) is 4.98 Å². The number of rotatable bonds is 6. The predicted octanol–water partition coefficient (Wildman–Crippen LogP) is 4.19. The molecular weight excluding hydrogens is 388 g/mol. The highest BCUT2D eigenvalue weighted by atomic mass is 15.2. The number of nitrogens with one attached hydrogen (secondary N) is 2. The molecule has 0 bridgehead atoms. The van der Waals surface area contributed by atoms with Crippen LogP contribution in [0.4, 0.5) is 11.8 Å². The lowest BCUT2D eigenvalue weighted by Crippen LogP contribution is -2.33. The maximum absolute atomic E-state index is 6.09. The summed E-state index contributed by atoms with van der Waals surface area (Å²) in [5.74, 6) is 1.45. The number of imidazole rings is 1. The first kappa shape index (κ1) is 20.2. The second-order valence-electron chi connectivity index (χ2n) is 9.07. The van der Waals surface area contributed by atoms with E-state index in [4.69, 9.17) is 20.7 Å². The maximum Gasteiger partial charge on any atom is 0.227 e. The van der Waals surface area contributed by atoms with Gasteiger partial charge >= 0.3 is 0 Å². The third kappa shape index (κ3) is 4.35. The molecule has 3 aromatic heterocycles. The van der Waals surface area contributed by atoms with Gasteiger partial charge in [0.2, 0.25) is 5.95 Å². The summed E-state index contributed by atoms with van der Waals surface area (Å²) in [6, 6.07) is 5.25. The predicted molar refractivity (Wildman–Crippen MR) is 123 cm³/mol. The third-order valence-electron chi connectivity index (χ3n) is 6.78. The van der Waals surface area contributed by atoms with E-state index in [1.165, 1.54) is 25.7 Å². The summed E-state index contributed by atoms with van der Waals surface area (Å²) >= 11 is 0. The molecule has 31 heavy (non-hydrogen) atoms. The van der Waals surface area contributed by atoms with Gasteiger partial charge in [-0.1, -0.05) is 18.9 Å². The summed E-state index contributed by atoms with van der Waals surface area (Å²) < 4.78 is 2.26. The first-order valence-corrected chi connectivity index (χ1v) is 11.6. The minimum Gasteiger partial charge on any atom is -0.361 e. The Morgan fingerprint density at radius 1 is 1.10 bits per heavy atom. The summed E-state index contributed by atoms with van der Waals surface area (Å²) in [7, 11) is 0. The third-order valence-corrected chi connectivity index (χ3v) is 6.78. The van der Waals surface area contributed by atoms with E-state index in [0.717, 1.165) is 48.2 Å². The van der Waals surface area contributed by atoms with Crippen molar-refractivity contribution in [3.63, 3.8) is 0 Å². The van der Waals surface area contributed by atoms with Gasteiger partial charge in [0.1, 0.15) is 0 Å². The molecule has 2 aliphatic carbocycles. The molecule has 0 amide bonds. The minimum absolute atomic E-state index is 0.0592. The zero-order valence-corrected chi connectivity index (χ0v) is 18.2. The molecular formula is C23H32N8. The number of pyridine rings is 1. The number of nitrogens with two attached hydrogens (primary N) is 1. The monoisotopic (exact) mass is 420 g/mol. The molecule has 1 unspecified atom stereocenters. The lowest BCUT2D eigenvalue weighted by Gasteiger charge is -2.27. The first-order chi connectivity index (χ1) is 15.2. The van der Waals surface area contributed by atoms with Gasteiger partial charge in [0.05, 0.1) is 12.4 Å². The Balaban J connectivity index is 1.48. The molecule has 5 rings (SSSR count). The first-order valence-electron chi connectivity index (χ1n) is 11.6. The summed E-state index contributed by atoms with van der Waals surface area (Å²) in [5.41, 5.74) is 8.95. The van der Waals surface area contributed by atoms with Gasteiger partial charge in [-0.2, -0.15) is 9.97 Å². The Morgan fingerprint density at radius 2 is 1.90 bits per heavy atom. The smallest absolute Gasteiger partial charge is 0.227 e. The van der Waals surface area contributed by atoms with Crippen LogP contribution in [0.2, 0.25) is 0 Å². The van der Waals surface area contributed by atoms with E-state index >= 15 is 0 Å². The maximum atomic E-state index is 6.09. The highest BCUT2D eigenvalue weighted by molar-refractivity contribution is 5.84. The second-order valence-corrected chi connectivity index (χ2v) is 9.07. The van der Waals surface area contributed by atoms with E-state index < -0.39 is 0 Å². The molecule has 2 saturated carbocycles. The van der Waals surface area contributed by atoms with Crippen molar-refractivity contribution in [3.05, 3.63) is 36.4 Å². The molecule has 4 N–H and O–H groups in total. The fourth-order valence-corrected chi connectivity index (χ4v) is 4.90. The van der Waals surface area contributed by atoms with E-state index in [2.05, 4.69) is 33.2 Å². The van der Waals surface area contributed by atoms with Gasteiger partial charge in [-0.25, -0.2) is 4.98 Å². The van der Waals surface area contributed by atoms with Crippen LogP contribution in [-0.4, -0.2) is 36.6 Å². The average molecular weight is 421 g/mol. The largest absolute Gasteiger partial charge is 0.361 e. The van der Waals surface area contributed by atoms with Crippen molar-refractivity contribution in [1.29, 1.82) is 0 Å². The molecule has 8 nitrogen and oxygen atoms in total. The van der Waals surface area contributed by atoms with Gasteiger partial charge in [0.15, 0.2) is 17.0 Å². The Kier molecular flexibility index (Phi) is 5.72. The molecule has 0 aromatic carbocycles. The summed E-state index contributed by atoms with van der Waals surface area (Å²) in [4.78, 5) is 18.8. The quantitative estimate of drug-likeness (QED) is 0.549. The fraction of sp³-hybridized carbons (Fsp3) is 0.565. The molecule has 0 aliphatic heterocycles. The van der Waals surface area contributed by atoms with Gasteiger partial charge in [-0.15, -0.1) is 0 Å². The Labute approximate surface area is 183 Å². The Morgan fingerprint density at radius 3 is 2.65 bits per heavy atom. The molecule has 2 aliphatic rings. The number of hydrogen-bond donors (Lipinski definition) is 3. The summed E-state index contributed by atoms with van der Waals surface area (Å²) in [6.45, 7) is 2.12. The second kappa shape index (κ2) is 8.78. The van der Waals surface area contributed by atoms with Crippen LogP contribution in [0, 0.1) is 0 Å². The van der Waals surface area contributed by atoms with Crippen molar-refractivity contribution in [1.82, 2.24) is 24.5 Å². The van der Waals surface area contributed by atoms with Crippen molar-refractivity contribution in [2.24, 2.45) is 5.73 Å². The lowest BCUT2D eigenvalue weighted by atomic mass is 9.92.